The molecule has 1 aliphatic rings. The predicted octanol–water partition coefficient (Wildman–Crippen LogP) is 2.26. The second kappa shape index (κ2) is 6.15. The van der Waals surface area contributed by atoms with E-state index >= 15 is 0 Å². The molecule has 1 aromatic carbocycles. The molecule has 8 heteroatoms. The maximum Gasteiger partial charge on any atom is 0.304 e. The van der Waals surface area contributed by atoms with E-state index in [1.165, 1.54) is 0 Å². The summed E-state index contributed by atoms with van der Waals surface area (Å²) in [6, 6.07) is 4.11. The van der Waals surface area contributed by atoms with Gasteiger partial charge in [0.25, 0.3) is 5.91 Å². The van der Waals surface area contributed by atoms with Crippen molar-refractivity contribution in [1.29, 1.82) is 0 Å². The topological polar surface area (TPSA) is 116 Å². The fraction of sp³-hybridized carbons (Fsp3) is 0.385. The lowest BCUT2D eigenvalue weighted by Crippen LogP contribution is -2.38. The molecule has 0 saturated heterocycles. The van der Waals surface area contributed by atoms with Gasteiger partial charge in [-0.3, -0.25) is 9.59 Å². The number of rotatable bonds is 5. The Morgan fingerprint density at radius 2 is 2.38 bits per heavy atom. The number of nitrogens with zero attached hydrogens (tertiary/aromatic N) is 4. The quantitative estimate of drug-likeness (QED) is 0.508. The molecular formula is C13H14N4O4. The fourth-order valence-corrected chi connectivity index (χ4v) is 2.23. The summed E-state index contributed by atoms with van der Waals surface area (Å²) in [7, 11) is 0. The molecule has 1 amide bonds. The molecule has 2 rings (SSSR count). The first-order valence-corrected chi connectivity index (χ1v) is 6.40. The summed E-state index contributed by atoms with van der Waals surface area (Å²) in [5.41, 5.74) is 9.66. The minimum atomic E-state index is -1.07. The monoisotopic (exact) mass is 290 g/mol. The van der Waals surface area contributed by atoms with Crippen molar-refractivity contribution >= 4 is 17.6 Å². The number of fused-ring (bicyclic) bond motifs is 1. The molecule has 21 heavy (non-hydrogen) atoms. The van der Waals surface area contributed by atoms with Crippen LogP contribution in [0.3, 0.4) is 0 Å². The number of carboxylic acids is 1. The predicted molar refractivity (Wildman–Crippen MR) is 74.1 cm³/mol. The molecule has 1 aliphatic heterocycles. The van der Waals surface area contributed by atoms with Crippen LogP contribution in [0.5, 0.6) is 5.75 Å². The lowest BCUT2D eigenvalue weighted by molar-refractivity contribution is -0.137. The van der Waals surface area contributed by atoms with E-state index in [1.54, 1.807) is 23.1 Å². The average molecular weight is 290 g/mol. The zero-order valence-corrected chi connectivity index (χ0v) is 11.4. The zero-order valence-electron chi connectivity index (χ0n) is 11.4. The number of azide groups is 1. The molecule has 0 aliphatic carbocycles. The minimum absolute atomic E-state index is 0.0188. The van der Waals surface area contributed by atoms with Crippen molar-refractivity contribution in [1.82, 2.24) is 0 Å². The second-order valence-corrected chi connectivity index (χ2v) is 4.47. The number of aliphatic carboxylic acids is 1. The zero-order chi connectivity index (χ0) is 15.4. The third-order valence-electron chi connectivity index (χ3n) is 3.19. The Morgan fingerprint density at radius 1 is 1.62 bits per heavy atom. The summed E-state index contributed by atoms with van der Waals surface area (Å²) in [5, 5.41) is 12.4. The molecule has 0 bridgehead atoms. The van der Waals surface area contributed by atoms with Gasteiger partial charge < -0.3 is 14.7 Å². The average Bonchev–Trinajstić information content (AvgIpc) is 2.45. The lowest BCUT2D eigenvalue weighted by Gasteiger charge is -2.29. The van der Waals surface area contributed by atoms with Gasteiger partial charge >= 0.3 is 5.97 Å². The van der Waals surface area contributed by atoms with Crippen molar-refractivity contribution in [2.24, 2.45) is 5.11 Å². The highest BCUT2D eigenvalue weighted by Gasteiger charge is 2.25. The van der Waals surface area contributed by atoms with Crippen molar-refractivity contribution < 1.29 is 19.4 Å². The van der Waals surface area contributed by atoms with Crippen LogP contribution in [0.1, 0.15) is 24.9 Å². The number of likely N-dealkylation sites (N-methyl/N-ethyl adjacent to an activating group) is 1. The summed E-state index contributed by atoms with van der Waals surface area (Å²) >= 11 is 0. The standard InChI is InChI=1S/C13H14N4O4/c1-2-17-10-5-8(9(15-16-14)6-13(19)20)3-4-11(10)21-7-12(17)18/h3-5,9H,2,6-7H2,1H3,(H,19,20). The number of amides is 1. The normalized spacial score (nSPS) is 14.7. The number of carbonyl (C=O) groups excluding carboxylic acids is 1. The van der Waals surface area contributed by atoms with Gasteiger partial charge in [-0.2, -0.15) is 0 Å². The largest absolute Gasteiger partial charge is 0.482 e. The van der Waals surface area contributed by atoms with Crippen molar-refractivity contribution in [3.63, 3.8) is 0 Å². The molecule has 0 fully saturated rings. The summed E-state index contributed by atoms with van der Waals surface area (Å²) < 4.78 is 5.33. The van der Waals surface area contributed by atoms with Crippen LogP contribution in [0.15, 0.2) is 23.3 Å². The Morgan fingerprint density at radius 3 is 3.00 bits per heavy atom. The lowest BCUT2D eigenvalue weighted by atomic mass is 10.0. The first-order chi connectivity index (χ1) is 10.1. The first kappa shape index (κ1) is 14.7. The van der Waals surface area contributed by atoms with Crippen molar-refractivity contribution in [3.05, 3.63) is 34.2 Å². The Balaban J connectivity index is 2.42. The Bertz CT molecular complexity index is 625. The Labute approximate surface area is 120 Å². The molecule has 0 radical (unpaired) electrons. The third kappa shape index (κ3) is 3.06. The van der Waals surface area contributed by atoms with E-state index in [-0.39, 0.29) is 18.9 Å². The number of carboxylic acid groups (broad SMARTS) is 1. The highest BCUT2D eigenvalue weighted by Crippen LogP contribution is 2.35. The number of ether oxygens (including phenoxy) is 1. The molecule has 0 spiro atoms. The highest BCUT2D eigenvalue weighted by molar-refractivity contribution is 5.97. The van der Waals surface area contributed by atoms with E-state index in [4.69, 9.17) is 15.4 Å². The van der Waals surface area contributed by atoms with E-state index in [2.05, 4.69) is 10.0 Å². The second-order valence-electron chi connectivity index (χ2n) is 4.47. The van der Waals surface area contributed by atoms with Gasteiger partial charge in [-0.25, -0.2) is 0 Å². The Hall–Kier alpha value is -2.73. The molecule has 1 aromatic rings. The SMILES string of the molecule is CCN1C(=O)COc2ccc(C(CC(=O)O)N=[N+]=[N-])cc21. The van der Waals surface area contributed by atoms with E-state index < -0.39 is 12.0 Å². The van der Waals surface area contributed by atoms with Crippen molar-refractivity contribution in [2.45, 2.75) is 19.4 Å². The summed E-state index contributed by atoms with van der Waals surface area (Å²) in [6.07, 6.45) is -0.316. The summed E-state index contributed by atoms with van der Waals surface area (Å²) in [4.78, 5) is 26.9. The van der Waals surface area contributed by atoms with Gasteiger partial charge in [0.2, 0.25) is 0 Å². The molecule has 110 valence electrons. The van der Waals surface area contributed by atoms with Gasteiger partial charge in [0.15, 0.2) is 6.61 Å². The Kier molecular flexibility index (Phi) is 4.30. The van der Waals surface area contributed by atoms with Crippen LogP contribution in [0, 0.1) is 0 Å². The molecule has 1 N–H and O–H groups in total. The highest BCUT2D eigenvalue weighted by atomic mass is 16.5. The maximum absolute atomic E-state index is 11.8. The van der Waals surface area contributed by atoms with Gasteiger partial charge in [0, 0.05) is 11.5 Å². The van der Waals surface area contributed by atoms with Gasteiger partial charge in [0.05, 0.1) is 18.2 Å². The number of benzene rings is 1. The van der Waals surface area contributed by atoms with Crippen LogP contribution in [-0.4, -0.2) is 30.1 Å². The number of hydrogen-bond acceptors (Lipinski definition) is 4. The van der Waals surface area contributed by atoms with Crippen LogP contribution in [0.4, 0.5) is 5.69 Å². The van der Waals surface area contributed by atoms with E-state index in [9.17, 15) is 9.59 Å². The smallest absolute Gasteiger partial charge is 0.304 e. The first-order valence-electron chi connectivity index (χ1n) is 6.40. The third-order valence-corrected chi connectivity index (χ3v) is 3.19. The van der Waals surface area contributed by atoms with Crippen molar-refractivity contribution in [2.75, 3.05) is 18.1 Å². The number of carbonyl (C=O) groups is 2. The van der Waals surface area contributed by atoms with Crippen LogP contribution in [0.25, 0.3) is 10.4 Å². The molecule has 1 atom stereocenters. The van der Waals surface area contributed by atoms with Crippen molar-refractivity contribution in [3.8, 4) is 5.75 Å². The molecule has 0 saturated carbocycles. The summed E-state index contributed by atoms with van der Waals surface area (Å²) in [5.74, 6) is -0.680. The van der Waals surface area contributed by atoms with Gasteiger partial charge in [-0.05, 0) is 30.2 Å². The number of hydrogen-bond donors (Lipinski definition) is 1. The van der Waals surface area contributed by atoms with Gasteiger partial charge in [0.1, 0.15) is 5.75 Å². The summed E-state index contributed by atoms with van der Waals surface area (Å²) in [6.45, 7) is 2.29. The molecule has 1 heterocycles. The molecule has 8 nitrogen and oxygen atoms in total. The van der Waals surface area contributed by atoms with Crippen LogP contribution >= 0.6 is 0 Å². The number of anilines is 1. The van der Waals surface area contributed by atoms with E-state index in [0.717, 1.165) is 0 Å². The van der Waals surface area contributed by atoms with Crippen LogP contribution in [0.2, 0.25) is 0 Å². The van der Waals surface area contributed by atoms with Gasteiger partial charge in [-0.15, -0.1) is 0 Å². The fourth-order valence-electron chi connectivity index (χ4n) is 2.23. The van der Waals surface area contributed by atoms with Crippen LogP contribution in [-0.2, 0) is 9.59 Å². The van der Waals surface area contributed by atoms with E-state index in [0.29, 0.717) is 23.5 Å². The minimum Gasteiger partial charge on any atom is -0.482 e. The van der Waals surface area contributed by atoms with E-state index in [1.807, 2.05) is 6.92 Å². The molecule has 1 unspecified atom stereocenters. The van der Waals surface area contributed by atoms with Crippen LogP contribution < -0.4 is 9.64 Å². The molecule has 0 aromatic heterocycles. The van der Waals surface area contributed by atoms with Gasteiger partial charge in [-0.1, -0.05) is 11.2 Å². The molecular weight excluding hydrogens is 276 g/mol. The maximum atomic E-state index is 11.8.